The second kappa shape index (κ2) is 22.7. The highest BCUT2D eigenvalue weighted by Gasteiger charge is 2.41. The van der Waals surface area contributed by atoms with E-state index in [1.807, 2.05) is 77.9 Å². The van der Waals surface area contributed by atoms with Crippen molar-refractivity contribution in [1.82, 2.24) is 10.6 Å². The van der Waals surface area contributed by atoms with Crippen LogP contribution in [0.25, 0.3) is 43.8 Å². The highest BCUT2D eigenvalue weighted by Crippen LogP contribution is 2.52. The molecule has 0 bridgehead atoms. The van der Waals surface area contributed by atoms with Gasteiger partial charge in [-0.05, 0) is 130 Å². The maximum absolute atomic E-state index is 14.6. The molecule has 0 saturated heterocycles. The Morgan fingerprint density at radius 3 is 1.05 bits per heavy atom. The smallest absolute Gasteiger partial charge is 0.229 e. The molecule has 7 aromatic rings. The first-order chi connectivity index (χ1) is 37.1. The lowest BCUT2D eigenvalue weighted by atomic mass is 9.66. The molecule has 4 unspecified atom stereocenters. The topological polar surface area (TPSA) is 116 Å². The summed E-state index contributed by atoms with van der Waals surface area (Å²) >= 11 is 0. The monoisotopic (exact) mass is 1040 g/mol. The summed E-state index contributed by atoms with van der Waals surface area (Å²) in [6, 6.07) is 50.3. The van der Waals surface area contributed by atoms with Crippen LogP contribution in [0.15, 0.2) is 146 Å². The van der Waals surface area contributed by atoms with Crippen LogP contribution >= 0.6 is 0 Å². The average Bonchev–Trinajstić information content (AvgIpc) is 3.60. The SMILES string of the molecule is CC1CC(c2cccc3cccc(-c4ccc(-c5cccc6cccc(C7CC(C)C(C(=O)N[C@H](C)c8ccccc8)C(C)C7)c56)c(NC(=O)C(C)(C)C)c4NC(=O)C(C)(C)C)c23)CC(C)C1C(=O)N[C@H](C)c1ccccc1. The molecule has 78 heavy (non-hydrogen) atoms. The van der Waals surface area contributed by atoms with Crippen LogP contribution in [0.4, 0.5) is 11.4 Å². The Morgan fingerprint density at radius 1 is 0.410 bits per heavy atom. The van der Waals surface area contributed by atoms with E-state index in [4.69, 9.17) is 0 Å². The maximum Gasteiger partial charge on any atom is 0.229 e. The van der Waals surface area contributed by atoms with E-state index in [0.717, 1.165) is 80.6 Å². The van der Waals surface area contributed by atoms with Crippen LogP contribution in [-0.2, 0) is 19.2 Å². The number of hydrogen-bond acceptors (Lipinski definition) is 4. The molecular weight excluding hydrogens is 961 g/mol. The minimum absolute atomic E-state index is 0.0926. The lowest BCUT2D eigenvalue weighted by Crippen LogP contribution is -2.42. The molecule has 9 rings (SSSR count). The van der Waals surface area contributed by atoms with Gasteiger partial charge in [-0.1, -0.05) is 215 Å². The van der Waals surface area contributed by atoms with Gasteiger partial charge in [0.15, 0.2) is 0 Å². The van der Waals surface area contributed by atoms with Crippen molar-refractivity contribution in [3.8, 4) is 22.3 Å². The quantitative estimate of drug-likeness (QED) is 0.0975. The molecule has 2 aliphatic rings. The lowest BCUT2D eigenvalue weighted by molar-refractivity contribution is -0.131. The van der Waals surface area contributed by atoms with Crippen molar-refractivity contribution in [1.29, 1.82) is 0 Å². The normalized spacial score (nSPS) is 22.5. The van der Waals surface area contributed by atoms with E-state index in [-0.39, 0.29) is 83.1 Å². The van der Waals surface area contributed by atoms with Gasteiger partial charge in [0.1, 0.15) is 0 Å². The van der Waals surface area contributed by atoms with Gasteiger partial charge in [-0.2, -0.15) is 0 Å². The van der Waals surface area contributed by atoms with Crippen molar-refractivity contribution in [2.24, 2.45) is 46.3 Å². The van der Waals surface area contributed by atoms with Gasteiger partial charge in [0.05, 0.1) is 23.5 Å². The van der Waals surface area contributed by atoms with E-state index in [0.29, 0.717) is 11.4 Å². The van der Waals surface area contributed by atoms with Gasteiger partial charge in [-0.25, -0.2) is 0 Å². The maximum atomic E-state index is 14.6. The van der Waals surface area contributed by atoms with Crippen LogP contribution in [-0.4, -0.2) is 23.6 Å². The van der Waals surface area contributed by atoms with Gasteiger partial charge in [-0.15, -0.1) is 0 Å². The van der Waals surface area contributed by atoms with Crippen LogP contribution < -0.4 is 21.3 Å². The Kier molecular flexibility index (Phi) is 16.2. The number of carbonyl (C=O) groups excluding carboxylic acids is 4. The summed E-state index contributed by atoms with van der Waals surface area (Å²) in [7, 11) is 0. The molecule has 0 aliphatic heterocycles. The van der Waals surface area contributed by atoms with E-state index >= 15 is 0 Å². The predicted octanol–water partition coefficient (Wildman–Crippen LogP) is 16.6. The Labute approximate surface area is 464 Å². The Bertz CT molecular complexity index is 3080. The molecule has 2 fully saturated rings. The third-order valence-electron chi connectivity index (χ3n) is 17.4. The fraction of sp³-hybridized carbons (Fsp3) is 0.400. The number of hydrogen-bond donors (Lipinski definition) is 4. The first-order valence-electron chi connectivity index (χ1n) is 28.6. The van der Waals surface area contributed by atoms with Crippen molar-refractivity contribution in [3.63, 3.8) is 0 Å². The molecule has 4 amide bonds. The minimum atomic E-state index is -0.770. The van der Waals surface area contributed by atoms with Crippen LogP contribution in [0.3, 0.4) is 0 Å². The van der Waals surface area contributed by atoms with Gasteiger partial charge >= 0.3 is 0 Å². The fourth-order valence-electron chi connectivity index (χ4n) is 13.3. The largest absolute Gasteiger partial charge is 0.349 e. The molecule has 4 N–H and O–H groups in total. The zero-order valence-electron chi connectivity index (χ0n) is 48.1. The molecule has 0 radical (unpaired) electrons. The van der Waals surface area contributed by atoms with E-state index in [1.54, 1.807) is 0 Å². The second-order valence-electron chi connectivity index (χ2n) is 25.4. The molecule has 406 valence electrons. The molecule has 8 nitrogen and oxygen atoms in total. The zero-order valence-corrected chi connectivity index (χ0v) is 48.1. The van der Waals surface area contributed by atoms with Crippen molar-refractivity contribution in [2.75, 3.05) is 10.6 Å². The summed E-state index contributed by atoms with van der Waals surface area (Å²) in [4.78, 5) is 57.5. The van der Waals surface area contributed by atoms with Gasteiger partial charge in [-0.3, -0.25) is 19.2 Å². The Hall–Kier alpha value is -7.06. The van der Waals surface area contributed by atoms with Gasteiger partial charge in [0.2, 0.25) is 23.6 Å². The standard InChI is InChI=1S/C70H82N4O4/c1-41-37-51(38-42(2)59(41)65(75)71-45(5)47-23-15-13-16-24-47)53-31-19-27-49-29-21-33-55(61(49)53)57-35-36-58(64(74-68(78)70(10,11)12)63(57)73-67(77)69(7,8)9)56-34-22-30-50-28-20-32-54(62(50)56)52-39-43(3)60(44(4)40-52)66(76)72-46(6)48-25-17-14-18-26-48/h13-36,41-46,51-52,59-60H,37-40H2,1-12H3,(H,71,75)(H,72,76)(H,73,77)(H,74,78)/t41?,42?,43?,44?,45-,46-,51?,52?,59?,60?/m1/s1. The zero-order chi connectivity index (χ0) is 55.8. The molecule has 2 saturated carbocycles. The third kappa shape index (κ3) is 11.6. The summed E-state index contributed by atoms with van der Waals surface area (Å²) in [6.45, 7) is 24.5. The van der Waals surface area contributed by atoms with Gasteiger partial charge in [0.25, 0.3) is 0 Å². The summed E-state index contributed by atoms with van der Waals surface area (Å²) in [6.07, 6.45) is 3.38. The molecule has 0 aromatic heterocycles. The van der Waals surface area contributed by atoms with Crippen molar-refractivity contribution < 1.29 is 19.2 Å². The molecule has 0 spiro atoms. The number of carbonyl (C=O) groups is 4. The minimum Gasteiger partial charge on any atom is -0.349 e. The van der Waals surface area contributed by atoms with E-state index in [2.05, 4.69) is 172 Å². The Balaban J connectivity index is 1.14. The molecule has 0 heterocycles. The highest BCUT2D eigenvalue weighted by atomic mass is 16.2. The van der Waals surface area contributed by atoms with E-state index in [1.165, 1.54) is 11.1 Å². The van der Waals surface area contributed by atoms with Crippen molar-refractivity contribution in [2.45, 2.75) is 133 Å². The summed E-state index contributed by atoms with van der Waals surface area (Å²) in [5.41, 5.74) is 7.72. The lowest BCUT2D eigenvalue weighted by Gasteiger charge is -2.39. The third-order valence-corrected chi connectivity index (χ3v) is 17.4. The summed E-state index contributed by atoms with van der Waals surface area (Å²) < 4.78 is 0. The van der Waals surface area contributed by atoms with Gasteiger partial charge in [0, 0.05) is 33.8 Å². The molecule has 2 aliphatic carbocycles. The highest BCUT2D eigenvalue weighted by molar-refractivity contribution is 6.15. The second-order valence-corrected chi connectivity index (χ2v) is 25.4. The number of anilines is 2. The molecular formula is C70H82N4O4. The number of fused-ring (bicyclic) bond motifs is 2. The van der Waals surface area contributed by atoms with Gasteiger partial charge < -0.3 is 21.3 Å². The number of benzene rings is 7. The molecule has 8 heteroatoms. The molecule has 6 atom stereocenters. The van der Waals surface area contributed by atoms with E-state index < -0.39 is 10.8 Å². The number of nitrogens with one attached hydrogen (secondary N) is 4. The van der Waals surface area contributed by atoms with Crippen LogP contribution in [0.1, 0.15) is 155 Å². The summed E-state index contributed by atoms with van der Waals surface area (Å²) in [5.74, 6) is 0.478. The van der Waals surface area contributed by atoms with Crippen molar-refractivity contribution in [3.05, 3.63) is 168 Å². The van der Waals surface area contributed by atoms with Crippen molar-refractivity contribution >= 4 is 56.5 Å². The Morgan fingerprint density at radius 2 is 0.731 bits per heavy atom. The first kappa shape index (κ1) is 55.7. The number of amides is 4. The number of rotatable bonds is 12. The fourth-order valence-corrected chi connectivity index (χ4v) is 13.3. The summed E-state index contributed by atoms with van der Waals surface area (Å²) in [5, 5.41) is 18.0. The first-order valence-corrected chi connectivity index (χ1v) is 28.6. The van der Waals surface area contributed by atoms with E-state index in [9.17, 15) is 19.2 Å². The molecule has 7 aromatic carbocycles. The van der Waals surface area contributed by atoms with Crippen LogP contribution in [0.2, 0.25) is 0 Å². The van der Waals surface area contributed by atoms with Crippen LogP contribution in [0, 0.1) is 46.3 Å². The van der Waals surface area contributed by atoms with Crippen LogP contribution in [0.5, 0.6) is 0 Å². The predicted molar refractivity (Wildman–Crippen MR) is 322 cm³/mol. The average molecular weight is 1040 g/mol.